The highest BCUT2D eigenvalue weighted by atomic mass is 16.5. The number of carbonyl (C=O) groups excluding carboxylic acids is 1. The molecule has 1 aliphatic rings. The molecule has 3 atom stereocenters. The first-order valence-corrected chi connectivity index (χ1v) is 12.0. The summed E-state index contributed by atoms with van der Waals surface area (Å²) >= 11 is 0. The average molecular weight is 459 g/mol. The van der Waals surface area contributed by atoms with E-state index >= 15 is 0 Å². The summed E-state index contributed by atoms with van der Waals surface area (Å²) in [6.45, 7) is 10.4. The van der Waals surface area contributed by atoms with E-state index in [9.17, 15) is 9.59 Å². The number of unbranched alkanes of at least 4 members (excludes halogenated alkanes) is 1. The van der Waals surface area contributed by atoms with Gasteiger partial charge in [-0.15, -0.1) is 0 Å². The second kappa shape index (κ2) is 15.3. The maximum atomic E-state index is 10.8. The van der Waals surface area contributed by atoms with Crippen molar-refractivity contribution in [2.45, 2.75) is 79.2 Å². The van der Waals surface area contributed by atoms with E-state index in [2.05, 4.69) is 44.0 Å². The molecule has 1 heterocycles. The zero-order chi connectivity index (χ0) is 24.8. The number of aryl methyl sites for hydroxylation is 1. The van der Waals surface area contributed by atoms with Gasteiger partial charge >= 0.3 is 11.9 Å². The molecule has 6 heteroatoms. The number of carboxylic acids is 1. The first-order valence-electron chi connectivity index (χ1n) is 12.0. The van der Waals surface area contributed by atoms with Gasteiger partial charge in [-0.25, -0.2) is 9.78 Å². The van der Waals surface area contributed by atoms with Crippen molar-refractivity contribution in [3.63, 3.8) is 0 Å². The van der Waals surface area contributed by atoms with Crippen molar-refractivity contribution in [2.24, 2.45) is 24.8 Å². The zero-order valence-electron chi connectivity index (χ0n) is 21.2. The lowest BCUT2D eigenvalue weighted by Crippen LogP contribution is -2.19. The Morgan fingerprint density at radius 3 is 2.61 bits per heavy atom. The first kappa shape index (κ1) is 28.4. The number of aromatic nitrogens is 2. The van der Waals surface area contributed by atoms with Gasteiger partial charge in [0.2, 0.25) is 0 Å². The number of imidazole rings is 1. The second-order valence-corrected chi connectivity index (χ2v) is 9.31. The fourth-order valence-corrected chi connectivity index (χ4v) is 3.94. The number of esters is 1. The van der Waals surface area contributed by atoms with Crippen molar-refractivity contribution in [1.29, 1.82) is 0 Å². The van der Waals surface area contributed by atoms with Crippen molar-refractivity contribution in [3.05, 3.63) is 48.1 Å². The Morgan fingerprint density at radius 2 is 2.03 bits per heavy atom. The van der Waals surface area contributed by atoms with Gasteiger partial charge < -0.3 is 14.4 Å². The van der Waals surface area contributed by atoms with Gasteiger partial charge in [0.15, 0.2) is 0 Å². The lowest BCUT2D eigenvalue weighted by Gasteiger charge is -2.31. The molecule has 0 aromatic carbocycles. The van der Waals surface area contributed by atoms with Crippen LogP contribution in [-0.2, 0) is 21.4 Å². The number of carboxylic acid groups (broad SMARTS) is 1. The number of nitrogens with zero attached hydrogens (tertiary/aromatic N) is 2. The van der Waals surface area contributed by atoms with Crippen molar-refractivity contribution in [1.82, 2.24) is 9.55 Å². The molecule has 0 amide bonds. The molecule has 33 heavy (non-hydrogen) atoms. The largest absolute Gasteiger partial charge is 0.478 e. The zero-order valence-corrected chi connectivity index (χ0v) is 21.2. The van der Waals surface area contributed by atoms with Gasteiger partial charge in [0, 0.05) is 32.7 Å². The highest BCUT2D eigenvalue weighted by Gasteiger charge is 2.23. The predicted molar refractivity (Wildman–Crippen MR) is 134 cm³/mol. The van der Waals surface area contributed by atoms with Gasteiger partial charge in [-0.2, -0.15) is 0 Å². The number of aliphatic carboxylic acids is 1. The summed E-state index contributed by atoms with van der Waals surface area (Å²) in [5, 5.41) is 8.26. The van der Waals surface area contributed by atoms with E-state index in [-0.39, 0.29) is 12.1 Å². The first-order chi connectivity index (χ1) is 15.6. The minimum atomic E-state index is -0.962. The smallest absolute Gasteiger partial charge is 0.328 e. The van der Waals surface area contributed by atoms with Gasteiger partial charge in [-0.05, 0) is 69.8 Å². The number of rotatable bonds is 10. The van der Waals surface area contributed by atoms with Crippen LogP contribution in [0.25, 0.3) is 6.08 Å². The van der Waals surface area contributed by atoms with Crippen LogP contribution >= 0.6 is 0 Å². The van der Waals surface area contributed by atoms with E-state index in [0.717, 1.165) is 36.7 Å². The van der Waals surface area contributed by atoms with Gasteiger partial charge in [-0.3, -0.25) is 4.79 Å². The maximum Gasteiger partial charge on any atom is 0.328 e. The highest BCUT2D eigenvalue weighted by Crippen LogP contribution is 2.35. The Hall–Kier alpha value is -2.63. The van der Waals surface area contributed by atoms with Crippen molar-refractivity contribution < 1.29 is 19.4 Å². The summed E-state index contributed by atoms with van der Waals surface area (Å²) < 4.78 is 6.85. The number of hydrogen-bond acceptors (Lipinski definition) is 4. The number of ether oxygens (including phenoxy) is 1. The monoisotopic (exact) mass is 458 g/mol. The van der Waals surface area contributed by atoms with Crippen LogP contribution < -0.4 is 0 Å². The Bertz CT molecular complexity index is 820. The Labute approximate surface area is 199 Å². The minimum Gasteiger partial charge on any atom is -0.478 e. The Balaban J connectivity index is 0.000000412. The molecule has 184 valence electrons. The third-order valence-corrected chi connectivity index (χ3v) is 5.96. The summed E-state index contributed by atoms with van der Waals surface area (Å²) in [6, 6.07) is 0. The molecule has 0 saturated heterocycles. The summed E-state index contributed by atoms with van der Waals surface area (Å²) in [6.07, 6.45) is 19.8. The number of allylic oxidation sites excluding steroid dienone is 3. The maximum absolute atomic E-state index is 10.8. The normalized spacial score (nSPS) is 19.3. The predicted octanol–water partition coefficient (Wildman–Crippen LogP) is 6.20. The van der Waals surface area contributed by atoms with Crippen molar-refractivity contribution in [2.75, 3.05) is 0 Å². The van der Waals surface area contributed by atoms with Gasteiger partial charge in [-0.1, -0.05) is 37.6 Å². The van der Waals surface area contributed by atoms with Crippen molar-refractivity contribution >= 4 is 18.0 Å². The summed E-state index contributed by atoms with van der Waals surface area (Å²) in [7, 11) is 1.82. The molecule has 1 N–H and O–H groups in total. The van der Waals surface area contributed by atoms with Crippen LogP contribution in [0.4, 0.5) is 0 Å². The number of carbonyl (C=O) groups is 2. The van der Waals surface area contributed by atoms with E-state index in [1.165, 1.54) is 38.7 Å². The van der Waals surface area contributed by atoms with Gasteiger partial charge in [0.1, 0.15) is 6.10 Å². The topological polar surface area (TPSA) is 81.4 Å². The third-order valence-electron chi connectivity index (χ3n) is 5.96. The standard InChI is InChI=1S/C20H34O2.C7H8N2O2/c1-15(2)19-13-12-16(3)20(14-19)11-9-7-6-8-10-17(4)22-18(5)21;1-9-4-6(8-5-9)2-3-7(10)11/h6,8,12,15,17,19-20H,7,9-11,13-14H2,1-5H3;2-5H,1H3,(H,10,11)/b8-6-;3-2+/t17?,19?,20-;/m1./s1. The quantitative estimate of drug-likeness (QED) is 0.195. The van der Waals surface area contributed by atoms with E-state index in [4.69, 9.17) is 9.84 Å². The molecule has 0 spiro atoms. The van der Waals surface area contributed by atoms with Gasteiger partial charge in [0.05, 0.1) is 12.0 Å². The van der Waals surface area contributed by atoms with E-state index in [1.54, 1.807) is 22.7 Å². The van der Waals surface area contributed by atoms with Crippen LogP contribution in [-0.4, -0.2) is 32.7 Å². The molecule has 1 aromatic rings. The summed E-state index contributed by atoms with van der Waals surface area (Å²) in [5.74, 6) is 1.30. The molecule has 0 radical (unpaired) electrons. The minimum absolute atomic E-state index is 0.0101. The molecule has 0 aliphatic heterocycles. The molecule has 0 saturated carbocycles. The fraction of sp³-hybridized carbons (Fsp3) is 0.593. The lowest BCUT2D eigenvalue weighted by atomic mass is 9.75. The molecule has 2 rings (SSSR count). The molecule has 1 aromatic heterocycles. The molecule has 2 unspecified atom stereocenters. The third kappa shape index (κ3) is 12.9. The molecule has 0 fully saturated rings. The van der Waals surface area contributed by atoms with Crippen LogP contribution in [0.1, 0.15) is 78.8 Å². The van der Waals surface area contributed by atoms with Gasteiger partial charge in [0.25, 0.3) is 0 Å². The SMILES string of the molecule is CC(=O)OC(C)C/C=C\CCC[C@@H]1CC(C(C)C)CC=C1C.Cn1cnc(/C=C/C(=O)O)c1. The summed E-state index contributed by atoms with van der Waals surface area (Å²) in [4.78, 5) is 24.8. The molecule has 1 aliphatic carbocycles. The summed E-state index contributed by atoms with van der Waals surface area (Å²) in [5.41, 5.74) is 2.25. The van der Waals surface area contributed by atoms with Crippen LogP contribution in [0.3, 0.4) is 0 Å². The van der Waals surface area contributed by atoms with E-state index < -0.39 is 5.97 Å². The average Bonchev–Trinajstić information content (AvgIpc) is 3.15. The second-order valence-electron chi connectivity index (χ2n) is 9.31. The Kier molecular flexibility index (Phi) is 13.1. The van der Waals surface area contributed by atoms with Crippen molar-refractivity contribution in [3.8, 4) is 0 Å². The van der Waals surface area contributed by atoms with E-state index in [0.29, 0.717) is 5.69 Å². The van der Waals surface area contributed by atoms with Crippen LogP contribution in [0.2, 0.25) is 0 Å². The Morgan fingerprint density at radius 1 is 1.30 bits per heavy atom. The molecule has 6 nitrogen and oxygen atoms in total. The molecular weight excluding hydrogens is 416 g/mol. The highest BCUT2D eigenvalue weighted by molar-refractivity contribution is 5.84. The fourth-order valence-electron chi connectivity index (χ4n) is 3.94. The number of hydrogen-bond donors (Lipinski definition) is 1. The molecule has 0 bridgehead atoms. The van der Waals surface area contributed by atoms with Crippen LogP contribution in [0.5, 0.6) is 0 Å². The lowest BCUT2D eigenvalue weighted by molar-refractivity contribution is -0.145. The van der Waals surface area contributed by atoms with Crippen LogP contribution in [0.15, 0.2) is 42.4 Å². The molecular formula is C27H42N2O4. The van der Waals surface area contributed by atoms with E-state index in [1.807, 2.05) is 14.0 Å². The van der Waals surface area contributed by atoms with Crippen LogP contribution in [0, 0.1) is 17.8 Å².